The van der Waals surface area contributed by atoms with E-state index in [4.69, 9.17) is 0 Å². The first kappa shape index (κ1) is 8.99. The van der Waals surface area contributed by atoms with E-state index >= 15 is 0 Å². The summed E-state index contributed by atoms with van der Waals surface area (Å²) in [7, 11) is 1.91. The maximum atomic E-state index is 10.5. The Morgan fingerprint density at radius 3 is 2.83 bits per heavy atom. The lowest BCUT2D eigenvalue weighted by Gasteiger charge is -1.94. The van der Waals surface area contributed by atoms with Crippen molar-refractivity contribution in [1.82, 2.24) is 9.99 Å². The third-order valence-electron chi connectivity index (χ3n) is 1.46. The zero-order valence-electron chi connectivity index (χ0n) is 7.29. The van der Waals surface area contributed by atoms with Crippen LogP contribution >= 0.6 is 11.3 Å². The molecule has 1 heterocycles. The third kappa shape index (κ3) is 1.94. The van der Waals surface area contributed by atoms with Crippen LogP contribution in [-0.4, -0.2) is 10.5 Å². The lowest BCUT2D eigenvalue weighted by atomic mass is 10.6. The van der Waals surface area contributed by atoms with E-state index in [1.54, 1.807) is 0 Å². The highest BCUT2D eigenvalue weighted by Gasteiger charge is 1.94. The smallest absolute Gasteiger partial charge is 0.237 e. The number of rotatable bonds is 1. The quantitative estimate of drug-likeness (QED) is 0.630. The van der Waals surface area contributed by atoms with Crippen molar-refractivity contribution < 1.29 is 4.79 Å². The summed E-state index contributed by atoms with van der Waals surface area (Å²) in [6.45, 7) is 3.42. The van der Waals surface area contributed by atoms with Crippen LogP contribution in [0.2, 0.25) is 0 Å². The first-order chi connectivity index (χ1) is 5.61. The van der Waals surface area contributed by atoms with Crippen molar-refractivity contribution in [3.8, 4) is 0 Å². The van der Waals surface area contributed by atoms with Gasteiger partial charge in [-0.05, 0) is 6.92 Å². The molecule has 0 unspecified atom stereocenters. The van der Waals surface area contributed by atoms with Gasteiger partial charge in [0, 0.05) is 25.0 Å². The molecule has 1 amide bonds. The van der Waals surface area contributed by atoms with Gasteiger partial charge in [-0.3, -0.25) is 4.79 Å². The van der Waals surface area contributed by atoms with Crippen LogP contribution in [0.4, 0.5) is 0 Å². The lowest BCUT2D eigenvalue weighted by molar-refractivity contribution is -0.119. The van der Waals surface area contributed by atoms with Crippen molar-refractivity contribution in [3.05, 3.63) is 15.9 Å². The van der Waals surface area contributed by atoms with E-state index in [0.717, 1.165) is 10.5 Å². The Morgan fingerprint density at radius 2 is 2.42 bits per heavy atom. The Labute approximate surface area is 74.5 Å². The van der Waals surface area contributed by atoms with Crippen LogP contribution in [0.15, 0.2) is 10.5 Å². The molecule has 0 spiro atoms. The molecule has 4 nitrogen and oxygen atoms in total. The molecule has 0 aromatic carbocycles. The number of hydrogen-bond donors (Lipinski definition) is 1. The summed E-state index contributed by atoms with van der Waals surface area (Å²) in [5.74, 6) is -0.152. The van der Waals surface area contributed by atoms with Crippen LogP contribution in [0, 0.1) is 6.92 Å². The molecule has 1 rings (SSSR count). The highest BCUT2D eigenvalue weighted by molar-refractivity contribution is 7.07. The van der Waals surface area contributed by atoms with Gasteiger partial charge in [-0.2, -0.15) is 0 Å². The maximum absolute atomic E-state index is 10.5. The van der Waals surface area contributed by atoms with Crippen molar-refractivity contribution in [3.63, 3.8) is 0 Å². The third-order valence-corrected chi connectivity index (χ3v) is 2.49. The van der Waals surface area contributed by atoms with Crippen LogP contribution in [0.3, 0.4) is 0 Å². The Hall–Kier alpha value is -1.10. The zero-order chi connectivity index (χ0) is 9.14. The van der Waals surface area contributed by atoms with Crippen molar-refractivity contribution in [2.45, 2.75) is 13.8 Å². The second-order valence-corrected chi connectivity index (χ2v) is 3.34. The van der Waals surface area contributed by atoms with Crippen LogP contribution < -0.4 is 10.2 Å². The minimum Gasteiger partial charge on any atom is -0.323 e. The fraction of sp³-hybridized carbons (Fsp3) is 0.429. The Kier molecular flexibility index (Phi) is 2.65. The van der Waals surface area contributed by atoms with Gasteiger partial charge in [0.2, 0.25) is 10.7 Å². The van der Waals surface area contributed by atoms with E-state index in [9.17, 15) is 4.79 Å². The second-order valence-electron chi connectivity index (χ2n) is 2.50. The van der Waals surface area contributed by atoms with Crippen LogP contribution in [0.25, 0.3) is 0 Å². The number of carbonyl (C=O) groups is 1. The van der Waals surface area contributed by atoms with Gasteiger partial charge in [-0.15, -0.1) is 16.4 Å². The molecule has 5 heteroatoms. The first-order valence-electron chi connectivity index (χ1n) is 3.52. The van der Waals surface area contributed by atoms with Crippen LogP contribution in [0.5, 0.6) is 0 Å². The fourth-order valence-electron chi connectivity index (χ4n) is 0.675. The van der Waals surface area contributed by atoms with Crippen molar-refractivity contribution >= 4 is 17.2 Å². The number of amides is 1. The van der Waals surface area contributed by atoms with Crippen LogP contribution in [0.1, 0.15) is 12.6 Å². The number of nitrogens with zero attached hydrogens (tertiary/aromatic N) is 2. The predicted molar refractivity (Wildman–Crippen MR) is 47.4 cm³/mol. The summed E-state index contributed by atoms with van der Waals surface area (Å²) >= 11 is 1.50. The summed E-state index contributed by atoms with van der Waals surface area (Å²) in [5, 5.41) is 5.89. The average Bonchev–Trinajstić information content (AvgIpc) is 2.30. The number of aryl methyl sites for hydroxylation is 1. The van der Waals surface area contributed by atoms with Gasteiger partial charge < -0.3 is 4.57 Å². The van der Waals surface area contributed by atoms with Gasteiger partial charge in [-0.25, -0.2) is 5.43 Å². The molecule has 66 valence electrons. The second kappa shape index (κ2) is 3.53. The Bertz CT molecular complexity index is 350. The first-order valence-corrected chi connectivity index (χ1v) is 4.40. The SMILES string of the molecule is CC(=O)N/N=c1/scc(C)n1C. The normalized spacial score (nSPS) is 11.8. The van der Waals surface area contributed by atoms with Gasteiger partial charge in [-0.1, -0.05) is 0 Å². The predicted octanol–water partition coefficient (Wildman–Crippen LogP) is 0.347. The molecule has 1 N–H and O–H groups in total. The lowest BCUT2D eigenvalue weighted by Crippen LogP contribution is -2.21. The molecular weight excluding hydrogens is 174 g/mol. The summed E-state index contributed by atoms with van der Waals surface area (Å²) in [4.78, 5) is 11.3. The molecule has 0 atom stereocenters. The number of thiazole rings is 1. The molecule has 0 saturated carbocycles. The highest BCUT2D eigenvalue weighted by atomic mass is 32.1. The van der Waals surface area contributed by atoms with Crippen molar-refractivity contribution in [2.24, 2.45) is 12.1 Å². The van der Waals surface area contributed by atoms with Crippen molar-refractivity contribution in [2.75, 3.05) is 0 Å². The molecule has 0 radical (unpaired) electrons. The number of carbonyl (C=O) groups excluding carboxylic acids is 1. The van der Waals surface area contributed by atoms with Gasteiger partial charge in [0.15, 0.2) is 0 Å². The maximum Gasteiger partial charge on any atom is 0.237 e. The molecule has 1 aromatic rings. The molecule has 0 fully saturated rings. The van der Waals surface area contributed by atoms with E-state index < -0.39 is 0 Å². The molecular formula is C7H11N3OS. The molecule has 0 aliphatic carbocycles. The minimum atomic E-state index is -0.152. The molecule has 1 aromatic heterocycles. The number of nitrogens with one attached hydrogen (secondary N) is 1. The topological polar surface area (TPSA) is 46.4 Å². The van der Waals surface area contributed by atoms with Crippen molar-refractivity contribution in [1.29, 1.82) is 0 Å². The summed E-state index contributed by atoms with van der Waals surface area (Å²) in [5.41, 5.74) is 3.52. The fourth-order valence-corrected chi connectivity index (χ4v) is 1.51. The summed E-state index contributed by atoms with van der Waals surface area (Å²) in [6, 6.07) is 0. The molecule has 0 aliphatic heterocycles. The molecule has 0 aliphatic rings. The Morgan fingerprint density at radius 1 is 1.75 bits per heavy atom. The van der Waals surface area contributed by atoms with E-state index in [1.165, 1.54) is 18.3 Å². The number of hydrogen-bond acceptors (Lipinski definition) is 3. The summed E-state index contributed by atoms with van der Waals surface area (Å²) in [6.07, 6.45) is 0. The van der Waals surface area contributed by atoms with Crippen LogP contribution in [-0.2, 0) is 11.8 Å². The van der Waals surface area contributed by atoms with Gasteiger partial charge in [0.05, 0.1) is 0 Å². The van der Waals surface area contributed by atoms with E-state index in [2.05, 4.69) is 10.5 Å². The molecule has 12 heavy (non-hydrogen) atoms. The Balaban J connectivity index is 2.95. The zero-order valence-corrected chi connectivity index (χ0v) is 8.10. The highest BCUT2D eigenvalue weighted by Crippen LogP contribution is 1.95. The molecule has 0 bridgehead atoms. The van der Waals surface area contributed by atoms with E-state index in [-0.39, 0.29) is 5.91 Å². The monoisotopic (exact) mass is 185 g/mol. The number of aromatic nitrogens is 1. The standard InChI is InChI=1S/C7H11N3OS/c1-5-4-12-7(10(5)3)9-8-6(2)11/h4H,1-3H3,(H,8,11)/b9-7+. The largest absolute Gasteiger partial charge is 0.323 e. The van der Waals surface area contributed by atoms with E-state index in [0.29, 0.717) is 0 Å². The van der Waals surface area contributed by atoms with Gasteiger partial charge in [0.25, 0.3) is 0 Å². The average molecular weight is 185 g/mol. The minimum absolute atomic E-state index is 0.152. The van der Waals surface area contributed by atoms with Gasteiger partial charge >= 0.3 is 0 Å². The van der Waals surface area contributed by atoms with E-state index in [1.807, 2.05) is 23.9 Å². The summed E-state index contributed by atoms with van der Waals surface area (Å²) < 4.78 is 1.92. The molecule has 0 saturated heterocycles. The van der Waals surface area contributed by atoms with Gasteiger partial charge in [0.1, 0.15) is 0 Å².